The Balaban J connectivity index is 2.91. The van der Waals surface area contributed by atoms with Gasteiger partial charge in [-0.3, -0.25) is 4.90 Å². The number of aromatic hydroxyl groups is 1. The molecule has 1 aromatic rings. The fourth-order valence-corrected chi connectivity index (χ4v) is 1.72. The predicted molar refractivity (Wildman–Crippen MR) is 70.2 cm³/mol. The van der Waals surface area contributed by atoms with Gasteiger partial charge in [0.25, 0.3) is 0 Å². The lowest BCUT2D eigenvalue weighted by Crippen LogP contribution is -2.22. The predicted octanol–water partition coefficient (Wildman–Crippen LogP) is 2.11. The molecule has 2 N–H and O–H groups in total. The first-order valence-electron chi connectivity index (χ1n) is 5.96. The minimum absolute atomic E-state index is 0.0813. The highest BCUT2D eigenvalue weighted by Gasteiger charge is 2.15. The van der Waals surface area contributed by atoms with Gasteiger partial charge in [-0.05, 0) is 24.1 Å². The van der Waals surface area contributed by atoms with Crippen LogP contribution < -0.4 is 0 Å². The van der Waals surface area contributed by atoms with Gasteiger partial charge in [0.15, 0.2) is 0 Å². The van der Waals surface area contributed by atoms with Crippen LogP contribution in [0.25, 0.3) is 0 Å². The van der Waals surface area contributed by atoms with E-state index in [1.165, 1.54) is 5.56 Å². The number of benzene rings is 1. The molecule has 0 unspecified atom stereocenters. The Bertz CT molecular complexity index is 369. The van der Waals surface area contributed by atoms with E-state index in [1.807, 2.05) is 24.1 Å². The summed E-state index contributed by atoms with van der Waals surface area (Å²) in [7, 11) is 1.93. The molecule has 0 spiro atoms. The fraction of sp³-hybridized carbons (Fsp3) is 0.571. The van der Waals surface area contributed by atoms with E-state index >= 15 is 0 Å². The molecule has 0 saturated heterocycles. The van der Waals surface area contributed by atoms with Crippen LogP contribution in [0.2, 0.25) is 0 Å². The SMILES string of the molecule is CN(CCO)Cc1cc(C(C)(C)C)ccc1O. The van der Waals surface area contributed by atoms with Gasteiger partial charge < -0.3 is 10.2 Å². The molecule has 0 radical (unpaired) electrons. The van der Waals surface area contributed by atoms with Crippen LogP contribution in [0.1, 0.15) is 31.9 Å². The van der Waals surface area contributed by atoms with Crippen LogP contribution in [0, 0.1) is 0 Å². The van der Waals surface area contributed by atoms with E-state index in [2.05, 4.69) is 20.8 Å². The van der Waals surface area contributed by atoms with Crippen molar-refractivity contribution in [3.05, 3.63) is 29.3 Å². The summed E-state index contributed by atoms with van der Waals surface area (Å²) in [6.07, 6.45) is 0. The Kier molecular flexibility index (Phi) is 4.54. The van der Waals surface area contributed by atoms with Crippen molar-refractivity contribution >= 4 is 0 Å². The zero-order chi connectivity index (χ0) is 13.1. The van der Waals surface area contributed by atoms with Gasteiger partial charge in [0.2, 0.25) is 0 Å². The minimum Gasteiger partial charge on any atom is -0.508 e. The van der Waals surface area contributed by atoms with Crippen molar-refractivity contribution in [2.45, 2.75) is 32.7 Å². The molecule has 0 aliphatic heterocycles. The van der Waals surface area contributed by atoms with Crippen LogP contribution in [0.4, 0.5) is 0 Å². The van der Waals surface area contributed by atoms with Gasteiger partial charge in [-0.25, -0.2) is 0 Å². The zero-order valence-corrected chi connectivity index (χ0v) is 11.2. The summed E-state index contributed by atoms with van der Waals surface area (Å²) >= 11 is 0. The molecule has 3 heteroatoms. The molecule has 0 aliphatic rings. The topological polar surface area (TPSA) is 43.7 Å². The van der Waals surface area contributed by atoms with Crippen molar-refractivity contribution in [1.29, 1.82) is 0 Å². The van der Waals surface area contributed by atoms with Crippen molar-refractivity contribution in [3.63, 3.8) is 0 Å². The Labute approximate surface area is 104 Å². The molecule has 0 fully saturated rings. The molecule has 0 atom stereocenters. The molecule has 0 amide bonds. The van der Waals surface area contributed by atoms with Crippen LogP contribution in [-0.4, -0.2) is 35.3 Å². The van der Waals surface area contributed by atoms with Crippen molar-refractivity contribution in [1.82, 2.24) is 4.90 Å². The van der Waals surface area contributed by atoms with Gasteiger partial charge in [-0.2, -0.15) is 0 Å². The van der Waals surface area contributed by atoms with Crippen LogP contribution in [0.5, 0.6) is 5.75 Å². The van der Waals surface area contributed by atoms with Crippen molar-refractivity contribution in [3.8, 4) is 5.75 Å². The van der Waals surface area contributed by atoms with Crippen LogP contribution in [-0.2, 0) is 12.0 Å². The van der Waals surface area contributed by atoms with E-state index < -0.39 is 0 Å². The van der Waals surface area contributed by atoms with Gasteiger partial charge in [-0.15, -0.1) is 0 Å². The second kappa shape index (κ2) is 5.52. The third kappa shape index (κ3) is 4.02. The van der Waals surface area contributed by atoms with Crippen molar-refractivity contribution in [2.24, 2.45) is 0 Å². The standard InChI is InChI=1S/C14H23NO2/c1-14(2,3)12-5-6-13(17)11(9-12)10-15(4)7-8-16/h5-6,9,16-17H,7-8,10H2,1-4H3. The van der Waals surface area contributed by atoms with Gasteiger partial charge in [0, 0.05) is 18.7 Å². The highest BCUT2D eigenvalue weighted by molar-refractivity contribution is 5.38. The van der Waals surface area contributed by atoms with Crippen LogP contribution >= 0.6 is 0 Å². The summed E-state index contributed by atoms with van der Waals surface area (Å²) in [6, 6.07) is 5.76. The third-order valence-electron chi connectivity index (χ3n) is 2.87. The molecule has 0 aliphatic carbocycles. The molecular weight excluding hydrogens is 214 g/mol. The van der Waals surface area contributed by atoms with Gasteiger partial charge in [0.1, 0.15) is 5.75 Å². The molecular formula is C14H23NO2. The van der Waals surface area contributed by atoms with E-state index in [1.54, 1.807) is 6.07 Å². The molecule has 1 aromatic carbocycles. The number of phenolic OH excluding ortho intramolecular Hbond substituents is 1. The number of aliphatic hydroxyl groups excluding tert-OH is 1. The lowest BCUT2D eigenvalue weighted by atomic mass is 9.86. The summed E-state index contributed by atoms with van der Waals surface area (Å²) in [5, 5.41) is 18.7. The highest BCUT2D eigenvalue weighted by atomic mass is 16.3. The lowest BCUT2D eigenvalue weighted by Gasteiger charge is -2.22. The van der Waals surface area contributed by atoms with E-state index in [4.69, 9.17) is 5.11 Å². The largest absolute Gasteiger partial charge is 0.508 e. The fourth-order valence-electron chi connectivity index (χ4n) is 1.72. The maximum absolute atomic E-state index is 9.83. The quantitative estimate of drug-likeness (QED) is 0.843. The highest BCUT2D eigenvalue weighted by Crippen LogP contribution is 2.27. The average molecular weight is 237 g/mol. The smallest absolute Gasteiger partial charge is 0.120 e. The maximum atomic E-state index is 9.83. The number of aliphatic hydroxyl groups is 1. The maximum Gasteiger partial charge on any atom is 0.120 e. The number of rotatable bonds is 4. The summed E-state index contributed by atoms with van der Waals surface area (Å²) in [5.74, 6) is 0.322. The van der Waals surface area contributed by atoms with Crippen molar-refractivity contribution in [2.75, 3.05) is 20.2 Å². The number of hydrogen-bond donors (Lipinski definition) is 2. The van der Waals surface area contributed by atoms with Crippen LogP contribution in [0.3, 0.4) is 0 Å². The van der Waals surface area contributed by atoms with Crippen LogP contribution in [0.15, 0.2) is 18.2 Å². The van der Waals surface area contributed by atoms with E-state index in [0.29, 0.717) is 18.8 Å². The van der Waals surface area contributed by atoms with E-state index in [-0.39, 0.29) is 12.0 Å². The normalized spacial score (nSPS) is 12.1. The van der Waals surface area contributed by atoms with E-state index in [0.717, 1.165) is 5.56 Å². The molecule has 3 nitrogen and oxygen atoms in total. The van der Waals surface area contributed by atoms with E-state index in [9.17, 15) is 5.11 Å². The number of likely N-dealkylation sites (N-methyl/N-ethyl adjacent to an activating group) is 1. The summed E-state index contributed by atoms with van der Waals surface area (Å²) in [6.45, 7) is 7.85. The number of hydrogen-bond acceptors (Lipinski definition) is 3. The van der Waals surface area contributed by atoms with Gasteiger partial charge in [0.05, 0.1) is 6.61 Å². The Morgan fingerprint density at radius 1 is 1.24 bits per heavy atom. The molecule has 0 aromatic heterocycles. The molecule has 0 heterocycles. The second-order valence-electron chi connectivity index (χ2n) is 5.55. The molecule has 17 heavy (non-hydrogen) atoms. The molecule has 0 bridgehead atoms. The Hall–Kier alpha value is -1.06. The molecule has 96 valence electrons. The minimum atomic E-state index is 0.0813. The number of nitrogens with zero attached hydrogens (tertiary/aromatic N) is 1. The monoisotopic (exact) mass is 237 g/mol. The third-order valence-corrected chi connectivity index (χ3v) is 2.87. The molecule has 1 rings (SSSR count). The summed E-state index contributed by atoms with van der Waals surface area (Å²) in [4.78, 5) is 1.99. The summed E-state index contributed by atoms with van der Waals surface area (Å²) in [5.41, 5.74) is 2.20. The Morgan fingerprint density at radius 3 is 2.41 bits per heavy atom. The van der Waals surface area contributed by atoms with Gasteiger partial charge in [-0.1, -0.05) is 32.9 Å². The second-order valence-corrected chi connectivity index (χ2v) is 5.55. The number of phenols is 1. The average Bonchev–Trinajstić information content (AvgIpc) is 2.20. The van der Waals surface area contributed by atoms with Crippen molar-refractivity contribution < 1.29 is 10.2 Å². The lowest BCUT2D eigenvalue weighted by molar-refractivity contribution is 0.216. The van der Waals surface area contributed by atoms with Gasteiger partial charge >= 0.3 is 0 Å². The summed E-state index contributed by atoms with van der Waals surface area (Å²) < 4.78 is 0. The zero-order valence-electron chi connectivity index (χ0n) is 11.2. The Morgan fingerprint density at radius 2 is 1.88 bits per heavy atom. The molecule has 0 saturated carbocycles. The first-order valence-corrected chi connectivity index (χ1v) is 5.96. The first-order chi connectivity index (χ1) is 7.84. The first kappa shape index (κ1) is 14.0.